The number of thiazole rings is 1. The van der Waals surface area contributed by atoms with Crippen molar-refractivity contribution in [1.82, 2.24) is 4.98 Å². The van der Waals surface area contributed by atoms with Gasteiger partial charge in [-0.2, -0.15) is 0 Å². The van der Waals surface area contributed by atoms with Crippen molar-refractivity contribution in [3.8, 4) is 0 Å². The Kier molecular flexibility index (Phi) is 4.38. The topological polar surface area (TPSA) is 65.2 Å². The molecule has 84 valence electrons. The molecule has 5 heteroatoms. The van der Waals surface area contributed by atoms with Crippen LogP contribution in [0.4, 0.5) is 0 Å². The second kappa shape index (κ2) is 5.34. The van der Waals surface area contributed by atoms with Crippen LogP contribution in [0.3, 0.4) is 0 Å². The Hall–Kier alpha value is -0.780. The number of ether oxygens (including phenoxy) is 1. The second-order valence-corrected chi connectivity index (χ2v) is 4.53. The maximum Gasteiger partial charge on any atom is 0.207 e. The Morgan fingerprint density at radius 1 is 1.60 bits per heavy atom. The van der Waals surface area contributed by atoms with E-state index in [1.807, 2.05) is 20.8 Å². The van der Waals surface area contributed by atoms with Crippen molar-refractivity contribution in [2.24, 2.45) is 5.73 Å². The van der Waals surface area contributed by atoms with Gasteiger partial charge in [-0.15, -0.1) is 11.3 Å². The molecule has 4 nitrogen and oxygen atoms in total. The Morgan fingerprint density at radius 3 is 2.73 bits per heavy atom. The third-order valence-corrected chi connectivity index (χ3v) is 2.79. The molecule has 2 N–H and O–H groups in total. The smallest absolute Gasteiger partial charge is 0.207 e. The predicted octanol–water partition coefficient (Wildman–Crippen LogP) is 1.77. The van der Waals surface area contributed by atoms with Gasteiger partial charge in [-0.3, -0.25) is 4.79 Å². The van der Waals surface area contributed by atoms with Gasteiger partial charge in [0, 0.05) is 5.38 Å². The number of nitrogens with zero attached hydrogens (tertiary/aromatic N) is 1. The predicted molar refractivity (Wildman–Crippen MR) is 60.1 cm³/mol. The largest absolute Gasteiger partial charge is 0.371 e. The lowest BCUT2D eigenvalue weighted by atomic mass is 10.3. The minimum absolute atomic E-state index is 0.0560. The molecule has 0 radical (unpaired) electrons. The molecule has 1 heterocycles. The normalized spacial score (nSPS) is 13.1. The molecule has 0 spiro atoms. The fraction of sp³-hybridized carbons (Fsp3) is 0.600. The zero-order valence-corrected chi connectivity index (χ0v) is 10.0. The van der Waals surface area contributed by atoms with Crippen LogP contribution in [0.1, 0.15) is 42.3 Å². The van der Waals surface area contributed by atoms with Gasteiger partial charge >= 0.3 is 0 Å². The van der Waals surface area contributed by atoms with E-state index < -0.39 is 0 Å². The molecule has 1 aromatic heterocycles. The quantitative estimate of drug-likeness (QED) is 0.780. The first-order chi connectivity index (χ1) is 7.00. The van der Waals surface area contributed by atoms with E-state index in [1.165, 1.54) is 11.3 Å². The first kappa shape index (κ1) is 12.3. The summed E-state index contributed by atoms with van der Waals surface area (Å²) in [7, 11) is 0. The van der Waals surface area contributed by atoms with E-state index in [9.17, 15) is 4.79 Å². The van der Waals surface area contributed by atoms with Crippen molar-refractivity contribution in [2.75, 3.05) is 6.61 Å². The van der Waals surface area contributed by atoms with Crippen molar-refractivity contribution >= 4 is 17.1 Å². The minimum Gasteiger partial charge on any atom is -0.371 e. The first-order valence-electron chi connectivity index (χ1n) is 4.86. The molecule has 0 saturated carbocycles. The van der Waals surface area contributed by atoms with Crippen molar-refractivity contribution in [3.05, 3.63) is 16.1 Å². The fourth-order valence-electron chi connectivity index (χ4n) is 0.941. The molecule has 15 heavy (non-hydrogen) atoms. The molecular weight excluding hydrogens is 212 g/mol. The molecule has 1 aromatic rings. The third-order valence-electron chi connectivity index (χ3n) is 1.74. The Balaban J connectivity index is 2.58. The highest BCUT2D eigenvalue weighted by molar-refractivity contribution is 7.09. The molecule has 0 fully saturated rings. The molecule has 1 unspecified atom stereocenters. The number of Topliss-reactive ketones (excluding diaryl/α,β-unsaturated/α-hetero) is 1. The number of nitrogens with two attached hydrogens (primary N) is 1. The molecule has 0 bridgehead atoms. The number of ketones is 1. The van der Waals surface area contributed by atoms with E-state index in [2.05, 4.69) is 4.98 Å². The number of hydrogen-bond acceptors (Lipinski definition) is 5. The molecule has 0 amide bonds. The maximum absolute atomic E-state index is 11.6. The summed E-state index contributed by atoms with van der Waals surface area (Å²) >= 11 is 1.41. The summed E-state index contributed by atoms with van der Waals surface area (Å²) in [6.45, 7) is 5.71. The molecule has 0 aromatic carbocycles. The number of carbonyl (C=O) groups is 1. The summed E-state index contributed by atoms with van der Waals surface area (Å²) in [5, 5.41) is 2.51. The second-order valence-electron chi connectivity index (χ2n) is 3.64. The number of rotatable bonds is 5. The van der Waals surface area contributed by atoms with E-state index in [1.54, 1.807) is 5.38 Å². The average Bonchev–Trinajstić information content (AvgIpc) is 2.62. The molecule has 1 atom stereocenters. The maximum atomic E-state index is 11.6. The summed E-state index contributed by atoms with van der Waals surface area (Å²) in [6.07, 6.45) is 0.0560. The molecular formula is C10H16N2O2S. The molecule has 0 saturated heterocycles. The van der Waals surface area contributed by atoms with Crippen LogP contribution in [0.25, 0.3) is 0 Å². The van der Waals surface area contributed by atoms with Crippen molar-refractivity contribution in [2.45, 2.75) is 32.9 Å². The summed E-state index contributed by atoms with van der Waals surface area (Å²) in [6, 6.07) is -0.123. The Morgan fingerprint density at radius 2 is 2.27 bits per heavy atom. The van der Waals surface area contributed by atoms with E-state index in [-0.39, 0.29) is 24.5 Å². The molecule has 1 rings (SSSR count). The summed E-state index contributed by atoms with van der Waals surface area (Å²) in [5.74, 6) is -0.0909. The lowest BCUT2D eigenvalue weighted by Crippen LogP contribution is -2.14. The van der Waals surface area contributed by atoms with Gasteiger partial charge in [0.2, 0.25) is 5.78 Å². The van der Waals surface area contributed by atoms with Crippen LogP contribution in [0.2, 0.25) is 0 Å². The highest BCUT2D eigenvalue weighted by Gasteiger charge is 2.13. The monoisotopic (exact) mass is 228 g/mol. The minimum atomic E-state index is -0.123. The van der Waals surface area contributed by atoms with Gasteiger partial charge in [0.25, 0.3) is 0 Å². The number of hydrogen-bond donors (Lipinski definition) is 1. The third kappa shape index (κ3) is 3.70. The zero-order chi connectivity index (χ0) is 11.4. The van der Waals surface area contributed by atoms with Crippen molar-refractivity contribution in [1.29, 1.82) is 0 Å². The molecule has 0 aliphatic heterocycles. The Bertz CT molecular complexity index is 334. The summed E-state index contributed by atoms with van der Waals surface area (Å²) in [5.41, 5.74) is 6.11. The average molecular weight is 228 g/mol. The van der Waals surface area contributed by atoms with E-state index in [4.69, 9.17) is 10.5 Å². The highest BCUT2D eigenvalue weighted by atomic mass is 32.1. The number of aromatic nitrogens is 1. The van der Waals surface area contributed by atoms with Gasteiger partial charge in [-0.05, 0) is 20.8 Å². The van der Waals surface area contributed by atoms with Crippen LogP contribution in [0, 0.1) is 0 Å². The van der Waals surface area contributed by atoms with Crippen LogP contribution in [-0.4, -0.2) is 23.5 Å². The van der Waals surface area contributed by atoms with E-state index >= 15 is 0 Å². The van der Waals surface area contributed by atoms with Gasteiger partial charge in [0.05, 0.1) is 12.1 Å². The van der Waals surface area contributed by atoms with Crippen LogP contribution < -0.4 is 5.73 Å². The Labute approximate surface area is 93.5 Å². The van der Waals surface area contributed by atoms with Crippen molar-refractivity contribution in [3.63, 3.8) is 0 Å². The SMILES string of the molecule is CC(C)OCC(=O)c1csc(C(C)N)n1. The first-order valence-corrected chi connectivity index (χ1v) is 5.74. The number of carbonyl (C=O) groups excluding carboxylic acids is 1. The van der Waals surface area contributed by atoms with Gasteiger partial charge < -0.3 is 10.5 Å². The zero-order valence-electron chi connectivity index (χ0n) is 9.19. The van der Waals surface area contributed by atoms with E-state index in [0.29, 0.717) is 5.69 Å². The summed E-state index contributed by atoms with van der Waals surface area (Å²) in [4.78, 5) is 15.7. The lowest BCUT2D eigenvalue weighted by molar-refractivity contribution is 0.0581. The summed E-state index contributed by atoms with van der Waals surface area (Å²) < 4.78 is 5.21. The van der Waals surface area contributed by atoms with Crippen LogP contribution in [0.5, 0.6) is 0 Å². The van der Waals surface area contributed by atoms with Crippen LogP contribution in [0.15, 0.2) is 5.38 Å². The highest BCUT2D eigenvalue weighted by Crippen LogP contribution is 2.16. The lowest BCUT2D eigenvalue weighted by Gasteiger charge is -2.04. The van der Waals surface area contributed by atoms with Gasteiger partial charge in [0.1, 0.15) is 17.3 Å². The molecule has 0 aliphatic carbocycles. The molecule has 0 aliphatic rings. The van der Waals surface area contributed by atoms with Gasteiger partial charge in [-0.25, -0.2) is 4.98 Å². The van der Waals surface area contributed by atoms with Crippen LogP contribution in [-0.2, 0) is 4.74 Å². The van der Waals surface area contributed by atoms with E-state index in [0.717, 1.165) is 5.01 Å². The van der Waals surface area contributed by atoms with Gasteiger partial charge in [0.15, 0.2) is 0 Å². The van der Waals surface area contributed by atoms with Crippen molar-refractivity contribution < 1.29 is 9.53 Å². The van der Waals surface area contributed by atoms with Crippen LogP contribution >= 0.6 is 11.3 Å². The van der Waals surface area contributed by atoms with Gasteiger partial charge in [-0.1, -0.05) is 0 Å². The standard InChI is InChI=1S/C10H16N2O2S/c1-6(2)14-4-9(13)8-5-15-10(12-8)7(3)11/h5-7H,4,11H2,1-3H3. The fourth-order valence-corrected chi connectivity index (χ4v) is 1.72.